The van der Waals surface area contributed by atoms with E-state index in [1.165, 1.54) is 0 Å². The van der Waals surface area contributed by atoms with Gasteiger partial charge in [0.05, 0.1) is 6.54 Å². The first kappa shape index (κ1) is 24.5. The second-order valence-corrected chi connectivity index (χ2v) is 7.97. The van der Waals surface area contributed by atoms with Gasteiger partial charge in [0.15, 0.2) is 0 Å². The minimum absolute atomic E-state index is 0.0176. The first-order valence-corrected chi connectivity index (χ1v) is 11.3. The Balaban J connectivity index is 1.55. The van der Waals surface area contributed by atoms with Crippen LogP contribution in [0, 0.1) is 0 Å². The molecule has 7 heteroatoms. The highest BCUT2D eigenvalue weighted by atomic mass is 16.2. The zero-order valence-electron chi connectivity index (χ0n) is 19.5. The lowest BCUT2D eigenvalue weighted by Crippen LogP contribution is -2.26. The molecule has 3 rings (SSSR count). The van der Waals surface area contributed by atoms with Crippen molar-refractivity contribution in [3.05, 3.63) is 95.6 Å². The molecule has 0 radical (unpaired) electrons. The molecule has 0 aliphatic carbocycles. The van der Waals surface area contributed by atoms with E-state index in [-0.39, 0.29) is 24.3 Å². The first-order chi connectivity index (χ1) is 16.5. The Kier molecular flexibility index (Phi) is 8.80. The quantitative estimate of drug-likeness (QED) is 0.426. The van der Waals surface area contributed by atoms with E-state index in [1.807, 2.05) is 37.3 Å². The first-order valence-electron chi connectivity index (χ1n) is 11.3. The average Bonchev–Trinajstić information content (AvgIpc) is 2.86. The highest BCUT2D eigenvalue weighted by Gasteiger charge is 2.13. The van der Waals surface area contributed by atoms with Gasteiger partial charge < -0.3 is 20.9 Å². The van der Waals surface area contributed by atoms with Gasteiger partial charge in [0.2, 0.25) is 5.91 Å². The summed E-state index contributed by atoms with van der Waals surface area (Å²) in [5.74, 6) is -0.533. The third-order valence-electron chi connectivity index (χ3n) is 5.12. The predicted octanol–water partition coefficient (Wildman–Crippen LogP) is 4.15. The van der Waals surface area contributed by atoms with Gasteiger partial charge in [-0.25, -0.2) is 0 Å². The van der Waals surface area contributed by atoms with E-state index in [0.717, 1.165) is 12.0 Å². The van der Waals surface area contributed by atoms with Crippen molar-refractivity contribution in [2.24, 2.45) is 0 Å². The molecule has 0 aliphatic rings. The zero-order valence-corrected chi connectivity index (χ0v) is 19.5. The summed E-state index contributed by atoms with van der Waals surface area (Å²) in [5, 5.41) is 8.66. The van der Waals surface area contributed by atoms with Gasteiger partial charge in [-0.2, -0.15) is 0 Å². The monoisotopic (exact) mass is 458 g/mol. The smallest absolute Gasteiger partial charge is 0.253 e. The fourth-order valence-corrected chi connectivity index (χ4v) is 3.38. The van der Waals surface area contributed by atoms with Crippen LogP contribution in [0.1, 0.15) is 39.6 Å². The SMILES string of the molecule is CCCNC(=O)c1cccc(NC(=O)CNc2cccc(C(=O)N(C)Cc3ccccc3)c2)c1. The van der Waals surface area contributed by atoms with Crippen LogP contribution in [0.5, 0.6) is 0 Å². The summed E-state index contributed by atoms with van der Waals surface area (Å²) in [4.78, 5) is 39.0. The Hall–Kier alpha value is -4.13. The van der Waals surface area contributed by atoms with E-state index in [0.29, 0.717) is 35.6 Å². The summed E-state index contributed by atoms with van der Waals surface area (Å²) >= 11 is 0. The highest BCUT2D eigenvalue weighted by molar-refractivity contribution is 5.98. The van der Waals surface area contributed by atoms with Crippen molar-refractivity contribution in [1.82, 2.24) is 10.2 Å². The number of hydrogen-bond acceptors (Lipinski definition) is 4. The van der Waals surface area contributed by atoms with E-state index in [1.54, 1.807) is 60.5 Å². The number of amides is 3. The van der Waals surface area contributed by atoms with Crippen molar-refractivity contribution in [3.63, 3.8) is 0 Å². The molecule has 0 atom stereocenters. The van der Waals surface area contributed by atoms with Crippen LogP contribution in [0.2, 0.25) is 0 Å². The standard InChI is InChI=1S/C27H30N4O3/c1-3-15-28-26(33)21-11-7-14-24(16-21)30-25(32)18-29-23-13-8-12-22(17-23)27(34)31(2)19-20-9-5-4-6-10-20/h4-14,16-17,29H,3,15,18-19H2,1-2H3,(H,28,33)(H,30,32). The molecule has 3 N–H and O–H groups in total. The van der Waals surface area contributed by atoms with Crippen LogP contribution < -0.4 is 16.0 Å². The largest absolute Gasteiger partial charge is 0.376 e. The summed E-state index contributed by atoms with van der Waals surface area (Å²) in [7, 11) is 1.76. The number of nitrogens with zero attached hydrogens (tertiary/aromatic N) is 1. The van der Waals surface area contributed by atoms with Crippen LogP contribution in [-0.2, 0) is 11.3 Å². The van der Waals surface area contributed by atoms with Crippen LogP contribution >= 0.6 is 0 Å². The van der Waals surface area contributed by atoms with Gasteiger partial charge in [-0.1, -0.05) is 49.4 Å². The molecule has 3 amide bonds. The fraction of sp³-hybridized carbons (Fsp3) is 0.222. The van der Waals surface area contributed by atoms with Gasteiger partial charge in [-0.05, 0) is 48.4 Å². The van der Waals surface area contributed by atoms with Gasteiger partial charge in [0.1, 0.15) is 0 Å². The molecule has 176 valence electrons. The molecule has 3 aromatic carbocycles. The van der Waals surface area contributed by atoms with E-state index < -0.39 is 0 Å². The Morgan fingerprint density at radius 2 is 1.50 bits per heavy atom. The van der Waals surface area contributed by atoms with Crippen molar-refractivity contribution < 1.29 is 14.4 Å². The highest BCUT2D eigenvalue weighted by Crippen LogP contribution is 2.15. The van der Waals surface area contributed by atoms with Crippen molar-refractivity contribution >= 4 is 29.1 Å². The number of carbonyl (C=O) groups is 3. The van der Waals surface area contributed by atoms with E-state index in [2.05, 4.69) is 16.0 Å². The van der Waals surface area contributed by atoms with Gasteiger partial charge >= 0.3 is 0 Å². The lowest BCUT2D eigenvalue weighted by molar-refractivity contribution is -0.114. The zero-order chi connectivity index (χ0) is 24.3. The lowest BCUT2D eigenvalue weighted by atomic mass is 10.1. The molecule has 34 heavy (non-hydrogen) atoms. The third kappa shape index (κ3) is 7.20. The number of nitrogens with one attached hydrogen (secondary N) is 3. The number of hydrogen-bond donors (Lipinski definition) is 3. The predicted molar refractivity (Wildman–Crippen MR) is 135 cm³/mol. The summed E-state index contributed by atoms with van der Waals surface area (Å²) in [6, 6.07) is 23.7. The molecule has 0 spiro atoms. The molecular weight excluding hydrogens is 428 g/mol. The van der Waals surface area contributed by atoms with Crippen LogP contribution in [0.25, 0.3) is 0 Å². The van der Waals surface area contributed by atoms with Gasteiger partial charge in [-0.3, -0.25) is 14.4 Å². The molecule has 7 nitrogen and oxygen atoms in total. The Morgan fingerprint density at radius 3 is 2.24 bits per heavy atom. The average molecular weight is 459 g/mol. The summed E-state index contributed by atoms with van der Waals surface area (Å²) in [5.41, 5.74) is 3.29. The molecule has 0 heterocycles. The minimum atomic E-state index is -0.260. The van der Waals surface area contributed by atoms with Crippen molar-refractivity contribution in [2.45, 2.75) is 19.9 Å². The number of benzene rings is 3. The molecule has 0 unspecified atom stereocenters. The molecular formula is C27H30N4O3. The Morgan fingerprint density at radius 1 is 0.824 bits per heavy atom. The van der Waals surface area contributed by atoms with Crippen LogP contribution in [0.4, 0.5) is 11.4 Å². The summed E-state index contributed by atoms with van der Waals surface area (Å²) < 4.78 is 0. The maximum Gasteiger partial charge on any atom is 0.253 e. The van der Waals surface area contributed by atoms with E-state index >= 15 is 0 Å². The lowest BCUT2D eigenvalue weighted by Gasteiger charge is -2.18. The molecule has 0 saturated heterocycles. The molecule has 0 aromatic heterocycles. The van der Waals surface area contributed by atoms with Crippen LogP contribution in [0.3, 0.4) is 0 Å². The molecule has 0 aliphatic heterocycles. The summed E-state index contributed by atoms with van der Waals surface area (Å²) in [6.45, 7) is 3.11. The van der Waals surface area contributed by atoms with Gasteiger partial charge in [-0.15, -0.1) is 0 Å². The van der Waals surface area contributed by atoms with E-state index in [9.17, 15) is 14.4 Å². The van der Waals surface area contributed by atoms with Gasteiger partial charge in [0.25, 0.3) is 11.8 Å². The molecule has 3 aromatic rings. The maximum absolute atomic E-state index is 12.8. The van der Waals surface area contributed by atoms with Crippen LogP contribution in [0.15, 0.2) is 78.9 Å². The molecule has 0 fully saturated rings. The third-order valence-corrected chi connectivity index (χ3v) is 5.12. The second-order valence-electron chi connectivity index (χ2n) is 7.97. The minimum Gasteiger partial charge on any atom is -0.376 e. The van der Waals surface area contributed by atoms with Crippen molar-refractivity contribution in [3.8, 4) is 0 Å². The number of anilines is 2. The van der Waals surface area contributed by atoms with Crippen LogP contribution in [-0.4, -0.2) is 42.8 Å². The molecule has 0 saturated carbocycles. The summed E-state index contributed by atoms with van der Waals surface area (Å²) in [6.07, 6.45) is 0.851. The van der Waals surface area contributed by atoms with Crippen molar-refractivity contribution in [2.75, 3.05) is 30.8 Å². The van der Waals surface area contributed by atoms with E-state index in [4.69, 9.17) is 0 Å². The Bertz CT molecular complexity index is 1130. The van der Waals surface area contributed by atoms with Gasteiger partial charge in [0, 0.05) is 42.6 Å². The maximum atomic E-state index is 12.8. The topological polar surface area (TPSA) is 90.5 Å². The fourth-order valence-electron chi connectivity index (χ4n) is 3.38. The second kappa shape index (κ2) is 12.2. The normalized spacial score (nSPS) is 10.3. The number of carbonyl (C=O) groups excluding carboxylic acids is 3. The Labute approximate surface area is 200 Å². The van der Waals surface area contributed by atoms with Crippen molar-refractivity contribution in [1.29, 1.82) is 0 Å². The number of rotatable bonds is 10. The molecule has 0 bridgehead atoms.